The van der Waals surface area contributed by atoms with Gasteiger partial charge < -0.3 is 25.8 Å². The minimum Gasteiger partial charge on any atom is -0.497 e. The highest BCUT2D eigenvalue weighted by atomic mass is 16.5. The van der Waals surface area contributed by atoms with E-state index in [0.29, 0.717) is 17.9 Å². The SMILES string of the molecule is COc1ccc(OC)c(CNC(=O)C(Cc2ccccc2)NC(N)=O)c1. The fourth-order valence-electron chi connectivity index (χ4n) is 2.56. The van der Waals surface area contributed by atoms with E-state index >= 15 is 0 Å². The molecule has 7 nitrogen and oxygen atoms in total. The predicted molar refractivity (Wildman–Crippen MR) is 98.0 cm³/mol. The molecular weight excluding hydrogens is 334 g/mol. The molecule has 2 aromatic rings. The Hall–Kier alpha value is -3.22. The molecule has 0 aliphatic heterocycles. The van der Waals surface area contributed by atoms with Gasteiger partial charge in [-0.05, 0) is 23.8 Å². The van der Waals surface area contributed by atoms with Gasteiger partial charge in [-0.2, -0.15) is 0 Å². The van der Waals surface area contributed by atoms with Gasteiger partial charge in [-0.25, -0.2) is 4.79 Å². The number of benzene rings is 2. The minimum absolute atomic E-state index is 0.227. The van der Waals surface area contributed by atoms with Crippen molar-refractivity contribution in [2.75, 3.05) is 14.2 Å². The van der Waals surface area contributed by atoms with Crippen LogP contribution in [0.3, 0.4) is 0 Å². The van der Waals surface area contributed by atoms with Gasteiger partial charge in [0.2, 0.25) is 5.91 Å². The van der Waals surface area contributed by atoms with E-state index in [1.807, 2.05) is 30.3 Å². The van der Waals surface area contributed by atoms with Gasteiger partial charge in [0.05, 0.1) is 14.2 Å². The first-order valence-electron chi connectivity index (χ1n) is 8.12. The van der Waals surface area contributed by atoms with E-state index in [9.17, 15) is 9.59 Å². The van der Waals surface area contributed by atoms with Crippen LogP contribution < -0.4 is 25.8 Å². The number of carbonyl (C=O) groups excluding carboxylic acids is 2. The van der Waals surface area contributed by atoms with Crippen LogP contribution in [0.1, 0.15) is 11.1 Å². The molecule has 2 aromatic carbocycles. The maximum atomic E-state index is 12.6. The summed E-state index contributed by atoms with van der Waals surface area (Å²) in [5, 5.41) is 5.29. The number of amides is 3. The van der Waals surface area contributed by atoms with Crippen LogP contribution in [0.4, 0.5) is 4.79 Å². The van der Waals surface area contributed by atoms with Crippen LogP contribution >= 0.6 is 0 Å². The largest absolute Gasteiger partial charge is 0.497 e. The third-order valence-corrected chi connectivity index (χ3v) is 3.86. The van der Waals surface area contributed by atoms with Gasteiger partial charge in [0, 0.05) is 18.5 Å². The topological polar surface area (TPSA) is 103 Å². The molecule has 0 spiro atoms. The van der Waals surface area contributed by atoms with Gasteiger partial charge in [0.1, 0.15) is 17.5 Å². The molecule has 138 valence electrons. The summed E-state index contributed by atoms with van der Waals surface area (Å²) in [6.07, 6.45) is 0.338. The fraction of sp³-hybridized carbons (Fsp3) is 0.263. The zero-order valence-electron chi connectivity index (χ0n) is 14.8. The van der Waals surface area contributed by atoms with Crippen molar-refractivity contribution in [3.63, 3.8) is 0 Å². The average molecular weight is 357 g/mol. The molecule has 1 unspecified atom stereocenters. The molecule has 0 saturated carbocycles. The second-order valence-corrected chi connectivity index (χ2v) is 5.65. The smallest absolute Gasteiger partial charge is 0.312 e. The Morgan fingerprint density at radius 2 is 1.81 bits per heavy atom. The molecule has 0 saturated heterocycles. The van der Waals surface area contributed by atoms with Gasteiger partial charge in [0.25, 0.3) is 0 Å². The normalized spacial score (nSPS) is 11.3. The lowest BCUT2D eigenvalue weighted by Crippen LogP contribution is -2.49. The second kappa shape index (κ2) is 9.31. The Morgan fingerprint density at radius 1 is 1.08 bits per heavy atom. The molecule has 0 fully saturated rings. The molecule has 3 amide bonds. The van der Waals surface area contributed by atoms with Crippen LogP contribution in [0.25, 0.3) is 0 Å². The second-order valence-electron chi connectivity index (χ2n) is 5.65. The van der Waals surface area contributed by atoms with Crippen LogP contribution in [0.15, 0.2) is 48.5 Å². The van der Waals surface area contributed by atoms with Crippen molar-refractivity contribution < 1.29 is 19.1 Å². The van der Waals surface area contributed by atoms with Crippen molar-refractivity contribution in [3.05, 3.63) is 59.7 Å². The van der Waals surface area contributed by atoms with Crippen LogP contribution in [-0.2, 0) is 17.8 Å². The summed E-state index contributed by atoms with van der Waals surface area (Å²) < 4.78 is 10.5. The molecule has 0 radical (unpaired) electrons. The fourth-order valence-corrected chi connectivity index (χ4v) is 2.56. The Bertz CT molecular complexity index is 750. The molecule has 0 aliphatic rings. The molecule has 0 aliphatic carbocycles. The third-order valence-electron chi connectivity index (χ3n) is 3.86. The molecule has 0 aromatic heterocycles. The highest BCUT2D eigenvalue weighted by Crippen LogP contribution is 2.23. The van der Waals surface area contributed by atoms with Crippen molar-refractivity contribution in [1.29, 1.82) is 0 Å². The molecule has 1 atom stereocenters. The summed E-state index contributed by atoms with van der Waals surface area (Å²) in [7, 11) is 3.12. The quantitative estimate of drug-likeness (QED) is 0.668. The maximum absolute atomic E-state index is 12.6. The van der Waals surface area contributed by atoms with E-state index in [4.69, 9.17) is 15.2 Å². The molecule has 7 heteroatoms. The summed E-state index contributed by atoms with van der Waals surface area (Å²) in [5.41, 5.74) is 6.89. The molecule has 0 heterocycles. The number of ether oxygens (including phenoxy) is 2. The van der Waals surface area contributed by atoms with Crippen molar-refractivity contribution in [1.82, 2.24) is 10.6 Å². The summed E-state index contributed by atoms with van der Waals surface area (Å²) >= 11 is 0. The first-order chi connectivity index (χ1) is 12.5. The lowest BCUT2D eigenvalue weighted by Gasteiger charge is -2.18. The van der Waals surface area contributed by atoms with Gasteiger partial charge in [-0.3, -0.25) is 4.79 Å². The number of hydrogen-bond acceptors (Lipinski definition) is 4. The number of nitrogens with two attached hydrogens (primary N) is 1. The number of rotatable bonds is 8. The summed E-state index contributed by atoms with van der Waals surface area (Å²) in [6, 6.07) is 13.2. The number of urea groups is 1. The molecule has 0 bridgehead atoms. The zero-order valence-corrected chi connectivity index (χ0v) is 14.8. The Balaban J connectivity index is 2.08. The van der Waals surface area contributed by atoms with Crippen molar-refractivity contribution in [2.24, 2.45) is 5.73 Å². The lowest BCUT2D eigenvalue weighted by atomic mass is 10.1. The lowest BCUT2D eigenvalue weighted by molar-refractivity contribution is -0.123. The average Bonchev–Trinajstić information content (AvgIpc) is 2.65. The van der Waals surface area contributed by atoms with Crippen molar-refractivity contribution >= 4 is 11.9 Å². The highest BCUT2D eigenvalue weighted by molar-refractivity contribution is 5.86. The van der Waals surface area contributed by atoms with Crippen molar-refractivity contribution in [3.8, 4) is 11.5 Å². The predicted octanol–water partition coefficient (Wildman–Crippen LogP) is 1.60. The molecule has 4 N–H and O–H groups in total. The first-order valence-corrected chi connectivity index (χ1v) is 8.12. The van der Waals surface area contributed by atoms with E-state index < -0.39 is 12.1 Å². The molecular formula is C19H23N3O4. The van der Waals surface area contributed by atoms with E-state index in [2.05, 4.69) is 10.6 Å². The summed E-state index contributed by atoms with van der Waals surface area (Å²) in [6.45, 7) is 0.227. The monoisotopic (exact) mass is 357 g/mol. The summed E-state index contributed by atoms with van der Waals surface area (Å²) in [4.78, 5) is 23.8. The molecule has 26 heavy (non-hydrogen) atoms. The van der Waals surface area contributed by atoms with Crippen LogP contribution in [0, 0.1) is 0 Å². The van der Waals surface area contributed by atoms with Gasteiger partial charge in [-0.15, -0.1) is 0 Å². The third kappa shape index (κ3) is 5.41. The summed E-state index contributed by atoms with van der Waals surface area (Å²) in [5.74, 6) is 0.956. The van der Waals surface area contributed by atoms with Crippen LogP contribution in [-0.4, -0.2) is 32.2 Å². The number of primary amides is 1. The Morgan fingerprint density at radius 3 is 2.42 bits per heavy atom. The Labute approximate surface area is 152 Å². The zero-order chi connectivity index (χ0) is 18.9. The highest BCUT2D eigenvalue weighted by Gasteiger charge is 2.20. The first kappa shape index (κ1) is 19.1. The molecule has 2 rings (SSSR count). The maximum Gasteiger partial charge on any atom is 0.312 e. The van der Waals surface area contributed by atoms with Crippen LogP contribution in [0.2, 0.25) is 0 Å². The number of hydrogen-bond donors (Lipinski definition) is 3. The van der Waals surface area contributed by atoms with Crippen LogP contribution in [0.5, 0.6) is 11.5 Å². The van der Waals surface area contributed by atoms with Gasteiger partial charge in [-0.1, -0.05) is 30.3 Å². The Kier molecular flexibility index (Phi) is 6.84. The van der Waals surface area contributed by atoms with Crippen molar-refractivity contribution in [2.45, 2.75) is 19.0 Å². The van der Waals surface area contributed by atoms with E-state index in [1.54, 1.807) is 32.4 Å². The van der Waals surface area contributed by atoms with E-state index in [-0.39, 0.29) is 12.5 Å². The standard InChI is InChI=1S/C19H23N3O4/c1-25-15-8-9-17(26-2)14(11-15)12-21-18(23)16(22-19(20)24)10-13-6-4-3-5-7-13/h3-9,11,16H,10,12H2,1-2H3,(H,21,23)(H3,20,22,24). The van der Waals surface area contributed by atoms with E-state index in [1.165, 1.54) is 0 Å². The van der Waals surface area contributed by atoms with E-state index in [0.717, 1.165) is 11.1 Å². The van der Waals surface area contributed by atoms with Gasteiger partial charge >= 0.3 is 6.03 Å². The number of nitrogens with one attached hydrogen (secondary N) is 2. The van der Waals surface area contributed by atoms with Gasteiger partial charge in [0.15, 0.2) is 0 Å². The number of methoxy groups -OCH3 is 2. The number of carbonyl (C=O) groups is 2. The minimum atomic E-state index is -0.772.